The quantitative estimate of drug-likeness (QED) is 0.879. The summed E-state index contributed by atoms with van der Waals surface area (Å²) in [6, 6.07) is 6.09. The molecule has 0 aromatic heterocycles. The van der Waals surface area contributed by atoms with Crippen LogP contribution in [0.25, 0.3) is 0 Å². The van der Waals surface area contributed by atoms with Crippen LogP contribution in [0.3, 0.4) is 0 Å². The van der Waals surface area contributed by atoms with E-state index in [-0.39, 0.29) is 23.2 Å². The summed E-state index contributed by atoms with van der Waals surface area (Å²) in [6.45, 7) is 6.25. The minimum atomic E-state index is -3.74. The average Bonchev–Trinajstić information content (AvgIpc) is 2.53. The van der Waals surface area contributed by atoms with Gasteiger partial charge < -0.3 is 14.4 Å². The first kappa shape index (κ1) is 19.5. The van der Waals surface area contributed by atoms with Gasteiger partial charge in [-0.15, -0.1) is 0 Å². The number of piperidine rings is 1. The zero-order chi connectivity index (χ0) is 18.7. The summed E-state index contributed by atoms with van der Waals surface area (Å²) in [7, 11) is -2.31. The second-order valence-electron chi connectivity index (χ2n) is 7.04. The highest BCUT2D eigenvalue weighted by Gasteiger charge is 2.31. The molecule has 1 aliphatic heterocycles. The number of benzene rings is 1. The maximum Gasteiger partial charge on any atom is 0.410 e. The van der Waals surface area contributed by atoms with Gasteiger partial charge in [-0.3, -0.25) is 0 Å². The van der Waals surface area contributed by atoms with Crippen molar-refractivity contribution in [3.8, 4) is 5.75 Å². The second-order valence-corrected chi connectivity index (χ2v) is 8.72. The van der Waals surface area contributed by atoms with Crippen LogP contribution < -0.4 is 9.46 Å². The van der Waals surface area contributed by atoms with Crippen LogP contribution in [0.1, 0.15) is 33.6 Å². The first-order valence-electron chi connectivity index (χ1n) is 8.25. The Morgan fingerprint density at radius 2 is 1.96 bits per heavy atom. The van der Waals surface area contributed by atoms with Gasteiger partial charge in [-0.05, 0) is 45.7 Å². The number of amides is 1. The molecule has 8 heteroatoms. The molecular weight excluding hydrogens is 344 g/mol. The van der Waals surface area contributed by atoms with Crippen molar-refractivity contribution in [1.29, 1.82) is 0 Å². The molecule has 1 aromatic rings. The summed E-state index contributed by atoms with van der Waals surface area (Å²) in [5, 5.41) is 0. The zero-order valence-electron chi connectivity index (χ0n) is 15.1. The van der Waals surface area contributed by atoms with Crippen molar-refractivity contribution in [2.75, 3.05) is 20.2 Å². The van der Waals surface area contributed by atoms with Crippen molar-refractivity contribution in [1.82, 2.24) is 9.62 Å². The number of carbonyl (C=O) groups excluding carboxylic acids is 1. The Hall–Kier alpha value is -1.80. The summed E-state index contributed by atoms with van der Waals surface area (Å²) in [4.78, 5) is 13.8. The second kappa shape index (κ2) is 7.61. The molecule has 1 aliphatic rings. The lowest BCUT2D eigenvalue weighted by molar-refractivity contribution is 0.0195. The molecule has 1 fully saturated rings. The predicted molar refractivity (Wildman–Crippen MR) is 94.1 cm³/mol. The van der Waals surface area contributed by atoms with Crippen molar-refractivity contribution in [3.05, 3.63) is 24.3 Å². The fraction of sp³-hybridized carbons (Fsp3) is 0.588. The van der Waals surface area contributed by atoms with Crippen LogP contribution in [0.15, 0.2) is 29.2 Å². The summed E-state index contributed by atoms with van der Waals surface area (Å²) in [5.41, 5.74) is -0.582. The molecular formula is C17H26N2O5S. The number of hydrogen-bond acceptors (Lipinski definition) is 5. The third-order valence-electron chi connectivity index (χ3n) is 3.75. The summed E-state index contributed by atoms with van der Waals surface area (Å²) < 4.78 is 38.5. The van der Waals surface area contributed by atoms with E-state index < -0.39 is 21.7 Å². The number of sulfonamides is 1. The van der Waals surface area contributed by atoms with E-state index in [9.17, 15) is 13.2 Å². The highest BCUT2D eigenvalue weighted by atomic mass is 32.2. The van der Waals surface area contributed by atoms with Gasteiger partial charge in [0.1, 0.15) is 16.2 Å². The molecule has 0 saturated carbocycles. The Bertz CT molecular complexity index is 712. The molecule has 1 amide bonds. The van der Waals surface area contributed by atoms with E-state index >= 15 is 0 Å². The maximum absolute atomic E-state index is 12.7. The van der Waals surface area contributed by atoms with Gasteiger partial charge in [-0.25, -0.2) is 17.9 Å². The van der Waals surface area contributed by atoms with Crippen molar-refractivity contribution in [3.63, 3.8) is 0 Å². The number of para-hydroxylation sites is 1. The Kier molecular flexibility index (Phi) is 5.95. The Labute approximate surface area is 149 Å². The highest BCUT2D eigenvalue weighted by Crippen LogP contribution is 2.24. The lowest BCUT2D eigenvalue weighted by Crippen LogP contribution is -2.50. The van der Waals surface area contributed by atoms with Gasteiger partial charge >= 0.3 is 6.09 Å². The van der Waals surface area contributed by atoms with Crippen LogP contribution in [0, 0.1) is 0 Å². The van der Waals surface area contributed by atoms with Crippen LogP contribution in [-0.2, 0) is 14.8 Å². The fourth-order valence-corrected chi connectivity index (χ4v) is 4.12. The number of methoxy groups -OCH3 is 1. The lowest BCUT2D eigenvalue weighted by Gasteiger charge is -2.34. The van der Waals surface area contributed by atoms with E-state index in [0.717, 1.165) is 0 Å². The largest absolute Gasteiger partial charge is 0.495 e. The molecule has 1 unspecified atom stereocenters. The van der Waals surface area contributed by atoms with Crippen LogP contribution in [0.5, 0.6) is 5.75 Å². The van der Waals surface area contributed by atoms with E-state index in [4.69, 9.17) is 9.47 Å². The zero-order valence-corrected chi connectivity index (χ0v) is 15.9. The molecule has 140 valence electrons. The van der Waals surface area contributed by atoms with Crippen LogP contribution in [-0.4, -0.2) is 51.3 Å². The summed E-state index contributed by atoms with van der Waals surface area (Å²) in [6.07, 6.45) is 0.945. The number of ether oxygens (including phenoxy) is 2. The third kappa shape index (κ3) is 5.34. The first-order chi connectivity index (χ1) is 11.6. The van der Waals surface area contributed by atoms with Gasteiger partial charge in [0.25, 0.3) is 0 Å². The normalized spacial score (nSPS) is 18.7. The van der Waals surface area contributed by atoms with E-state index in [0.29, 0.717) is 19.4 Å². The smallest absolute Gasteiger partial charge is 0.410 e. The molecule has 0 bridgehead atoms. The molecule has 0 aliphatic carbocycles. The van der Waals surface area contributed by atoms with E-state index in [2.05, 4.69) is 4.72 Å². The van der Waals surface area contributed by atoms with Gasteiger partial charge in [0.2, 0.25) is 10.0 Å². The molecule has 2 rings (SSSR count). The number of hydrogen-bond donors (Lipinski definition) is 1. The van der Waals surface area contributed by atoms with Crippen LogP contribution >= 0.6 is 0 Å². The molecule has 0 radical (unpaired) electrons. The number of likely N-dealkylation sites (tertiary alicyclic amines) is 1. The SMILES string of the molecule is COc1ccccc1S(=O)(=O)NC1CCCN(C(=O)OC(C)(C)C)C1. The summed E-state index contributed by atoms with van der Waals surface area (Å²) in [5.74, 6) is 0.287. The minimum absolute atomic E-state index is 0.0897. The average molecular weight is 370 g/mol. The number of nitrogens with one attached hydrogen (secondary N) is 1. The molecule has 1 heterocycles. The van der Waals surface area contributed by atoms with Gasteiger partial charge in [0.05, 0.1) is 7.11 Å². The monoisotopic (exact) mass is 370 g/mol. The number of carbonyl (C=O) groups is 1. The molecule has 0 spiro atoms. The first-order valence-corrected chi connectivity index (χ1v) is 9.74. The standard InChI is InChI=1S/C17H26N2O5S/c1-17(2,3)24-16(20)19-11-7-8-13(12-19)18-25(21,22)15-10-6-5-9-14(15)23-4/h5-6,9-10,13,18H,7-8,11-12H2,1-4H3. The molecule has 1 saturated heterocycles. The van der Waals surface area contributed by atoms with Crippen molar-refractivity contribution < 1.29 is 22.7 Å². The van der Waals surface area contributed by atoms with Gasteiger partial charge in [-0.2, -0.15) is 0 Å². The molecule has 7 nitrogen and oxygen atoms in total. The third-order valence-corrected chi connectivity index (χ3v) is 5.31. The molecule has 1 aromatic carbocycles. The highest BCUT2D eigenvalue weighted by molar-refractivity contribution is 7.89. The predicted octanol–water partition coefficient (Wildman–Crippen LogP) is 2.37. The molecule has 1 N–H and O–H groups in total. The van der Waals surface area contributed by atoms with E-state index in [1.807, 2.05) is 0 Å². The molecule has 1 atom stereocenters. The fourth-order valence-electron chi connectivity index (χ4n) is 2.69. The van der Waals surface area contributed by atoms with Crippen molar-refractivity contribution in [2.45, 2.75) is 50.2 Å². The maximum atomic E-state index is 12.7. The topological polar surface area (TPSA) is 84.9 Å². The number of rotatable bonds is 4. The van der Waals surface area contributed by atoms with E-state index in [1.165, 1.54) is 13.2 Å². The van der Waals surface area contributed by atoms with Gasteiger partial charge in [-0.1, -0.05) is 12.1 Å². The Morgan fingerprint density at radius 3 is 2.60 bits per heavy atom. The Balaban J connectivity index is 2.08. The van der Waals surface area contributed by atoms with Crippen LogP contribution in [0.4, 0.5) is 4.79 Å². The van der Waals surface area contributed by atoms with Gasteiger partial charge in [0.15, 0.2) is 0 Å². The minimum Gasteiger partial charge on any atom is -0.495 e. The van der Waals surface area contributed by atoms with Crippen molar-refractivity contribution >= 4 is 16.1 Å². The number of nitrogens with zero attached hydrogens (tertiary/aromatic N) is 1. The van der Waals surface area contributed by atoms with Crippen LogP contribution in [0.2, 0.25) is 0 Å². The van der Waals surface area contributed by atoms with E-state index in [1.54, 1.807) is 43.9 Å². The summed E-state index contributed by atoms with van der Waals surface area (Å²) >= 11 is 0. The Morgan fingerprint density at radius 1 is 1.28 bits per heavy atom. The molecule has 25 heavy (non-hydrogen) atoms. The van der Waals surface area contributed by atoms with Gasteiger partial charge in [0, 0.05) is 19.1 Å². The lowest BCUT2D eigenvalue weighted by atomic mass is 10.1. The van der Waals surface area contributed by atoms with Crippen molar-refractivity contribution in [2.24, 2.45) is 0 Å².